The largest absolute Gasteiger partial charge is 0.375 e. The van der Waals surface area contributed by atoms with E-state index in [1.165, 1.54) is 11.3 Å². The number of primary amides is 1. The number of aromatic nitrogens is 1. The average Bonchev–Trinajstić information content (AvgIpc) is 3.19. The Labute approximate surface area is 189 Å². The molecule has 0 aliphatic carbocycles. The molecular formula is C25H21N3OS2. The molecule has 1 heterocycles. The van der Waals surface area contributed by atoms with Crippen molar-refractivity contribution in [3.63, 3.8) is 0 Å². The summed E-state index contributed by atoms with van der Waals surface area (Å²) in [6.07, 6.45) is 1.86. The van der Waals surface area contributed by atoms with Gasteiger partial charge in [-0.05, 0) is 28.2 Å². The van der Waals surface area contributed by atoms with Crippen molar-refractivity contribution in [2.45, 2.75) is 4.75 Å². The van der Waals surface area contributed by atoms with Gasteiger partial charge < -0.3 is 11.5 Å². The number of hydrogen-bond acceptors (Lipinski definition) is 5. The summed E-state index contributed by atoms with van der Waals surface area (Å²) in [4.78, 5) is 16.4. The molecule has 0 unspecified atom stereocenters. The maximum atomic E-state index is 11.7. The van der Waals surface area contributed by atoms with Gasteiger partial charge in [0, 0.05) is 0 Å². The molecule has 154 valence electrons. The number of nitrogen functional groups attached to an aromatic ring is 1. The maximum absolute atomic E-state index is 11.7. The molecule has 4 aromatic rings. The van der Waals surface area contributed by atoms with E-state index in [1.54, 1.807) is 11.8 Å². The fourth-order valence-electron chi connectivity index (χ4n) is 3.56. The molecule has 0 saturated heterocycles. The first-order chi connectivity index (χ1) is 15.1. The van der Waals surface area contributed by atoms with Crippen LogP contribution in [-0.4, -0.2) is 10.9 Å². The highest BCUT2D eigenvalue weighted by atomic mass is 32.2. The normalized spacial score (nSPS) is 11.6. The second-order valence-corrected chi connectivity index (χ2v) is 9.01. The van der Waals surface area contributed by atoms with Crippen molar-refractivity contribution in [1.82, 2.24) is 4.98 Å². The van der Waals surface area contributed by atoms with E-state index in [0.29, 0.717) is 10.0 Å². The van der Waals surface area contributed by atoms with Crippen LogP contribution < -0.4 is 11.5 Å². The smallest absolute Gasteiger partial charge is 0.268 e. The Morgan fingerprint density at radius 2 is 1.29 bits per heavy atom. The molecule has 0 fully saturated rings. The highest BCUT2D eigenvalue weighted by Crippen LogP contribution is 2.49. The number of amides is 1. The summed E-state index contributed by atoms with van der Waals surface area (Å²) in [6, 6.07) is 31.2. The van der Waals surface area contributed by atoms with Gasteiger partial charge in [-0.2, -0.15) is 0 Å². The molecule has 6 heteroatoms. The molecule has 3 aromatic carbocycles. The van der Waals surface area contributed by atoms with E-state index in [0.717, 1.165) is 16.7 Å². The third-order valence-electron chi connectivity index (χ3n) is 4.91. The Morgan fingerprint density at radius 1 is 0.839 bits per heavy atom. The molecule has 0 aliphatic heterocycles. The van der Waals surface area contributed by atoms with Crippen LogP contribution in [0.3, 0.4) is 0 Å². The van der Waals surface area contributed by atoms with Crippen LogP contribution in [0.1, 0.15) is 32.1 Å². The second kappa shape index (κ2) is 9.20. The van der Waals surface area contributed by atoms with Crippen LogP contribution in [-0.2, 0) is 4.75 Å². The van der Waals surface area contributed by atoms with Gasteiger partial charge in [0.2, 0.25) is 0 Å². The monoisotopic (exact) mass is 443 g/mol. The summed E-state index contributed by atoms with van der Waals surface area (Å²) >= 11 is 2.90. The van der Waals surface area contributed by atoms with Gasteiger partial charge >= 0.3 is 0 Å². The van der Waals surface area contributed by atoms with Crippen molar-refractivity contribution in [3.05, 3.63) is 124 Å². The highest BCUT2D eigenvalue weighted by molar-refractivity contribution is 8.03. The van der Waals surface area contributed by atoms with Crippen LogP contribution >= 0.6 is 23.1 Å². The first-order valence-corrected chi connectivity index (χ1v) is 11.4. The number of hydrogen-bond donors (Lipinski definition) is 2. The van der Waals surface area contributed by atoms with Crippen LogP contribution in [0.4, 0.5) is 5.13 Å². The molecule has 4 N–H and O–H groups in total. The first kappa shape index (κ1) is 20.9. The Balaban J connectivity index is 1.86. The molecule has 1 amide bonds. The van der Waals surface area contributed by atoms with Gasteiger partial charge in [-0.1, -0.05) is 102 Å². The second-order valence-electron chi connectivity index (χ2n) is 6.83. The number of nitrogens with zero attached hydrogens (tertiary/aromatic N) is 1. The predicted octanol–water partition coefficient (Wildman–Crippen LogP) is 5.52. The third-order valence-corrected chi connectivity index (χ3v) is 7.09. The number of thioether (sulfide) groups is 1. The van der Waals surface area contributed by atoms with Gasteiger partial charge in [0.15, 0.2) is 5.13 Å². The minimum atomic E-state index is -0.585. The van der Waals surface area contributed by atoms with Gasteiger partial charge in [-0.3, -0.25) is 4.79 Å². The van der Waals surface area contributed by atoms with Crippen molar-refractivity contribution < 1.29 is 4.79 Å². The first-order valence-electron chi connectivity index (χ1n) is 9.68. The Kier molecular flexibility index (Phi) is 6.21. The fraction of sp³-hybridized carbons (Fsp3) is 0.0400. The number of carbonyl (C=O) groups excluding carboxylic acids is 1. The van der Waals surface area contributed by atoms with Crippen molar-refractivity contribution in [2.24, 2.45) is 5.73 Å². The van der Waals surface area contributed by atoms with Crippen LogP contribution in [0.2, 0.25) is 0 Å². The molecule has 1 aromatic heterocycles. The van der Waals surface area contributed by atoms with Crippen LogP contribution in [0, 0.1) is 0 Å². The van der Waals surface area contributed by atoms with Crippen molar-refractivity contribution in [3.8, 4) is 0 Å². The number of thiazole rings is 1. The van der Waals surface area contributed by atoms with Crippen molar-refractivity contribution >= 4 is 40.2 Å². The summed E-state index contributed by atoms with van der Waals surface area (Å²) < 4.78 is -0.483. The predicted molar refractivity (Wildman–Crippen MR) is 131 cm³/mol. The van der Waals surface area contributed by atoms with Crippen LogP contribution in [0.5, 0.6) is 0 Å². The summed E-state index contributed by atoms with van der Waals surface area (Å²) in [6.45, 7) is 0. The zero-order chi connectivity index (χ0) is 21.7. The number of nitrogens with two attached hydrogens (primary N) is 2. The Hall–Kier alpha value is -3.35. The fourth-order valence-corrected chi connectivity index (χ4v) is 5.61. The lowest BCUT2D eigenvalue weighted by Gasteiger charge is -2.34. The molecule has 0 saturated carbocycles. The number of benzene rings is 3. The zero-order valence-corrected chi connectivity index (χ0v) is 18.3. The van der Waals surface area contributed by atoms with E-state index < -0.39 is 10.7 Å². The number of anilines is 1. The molecule has 4 nitrogen and oxygen atoms in total. The number of carbonyl (C=O) groups is 1. The van der Waals surface area contributed by atoms with E-state index in [2.05, 4.69) is 77.8 Å². The lowest BCUT2D eigenvalue weighted by atomic mass is 9.84. The molecule has 4 rings (SSSR count). The Bertz CT molecular complexity index is 1090. The van der Waals surface area contributed by atoms with Gasteiger partial charge in [0.25, 0.3) is 5.91 Å². The topological polar surface area (TPSA) is 82.0 Å². The molecule has 0 aliphatic rings. The molecular weight excluding hydrogens is 422 g/mol. The van der Waals surface area contributed by atoms with Gasteiger partial charge in [0.1, 0.15) is 5.69 Å². The summed E-state index contributed by atoms with van der Waals surface area (Å²) in [5.41, 5.74) is 14.9. The minimum Gasteiger partial charge on any atom is -0.375 e. The minimum absolute atomic E-state index is 0.198. The summed E-state index contributed by atoms with van der Waals surface area (Å²) in [5.74, 6) is -0.585. The molecule has 0 bridgehead atoms. The van der Waals surface area contributed by atoms with E-state index in [4.69, 9.17) is 11.5 Å². The van der Waals surface area contributed by atoms with Gasteiger partial charge in [-0.25, -0.2) is 4.98 Å². The van der Waals surface area contributed by atoms with Crippen LogP contribution in [0.25, 0.3) is 6.08 Å². The summed E-state index contributed by atoms with van der Waals surface area (Å²) in [5, 5.41) is 2.31. The summed E-state index contributed by atoms with van der Waals surface area (Å²) in [7, 11) is 0. The lowest BCUT2D eigenvalue weighted by molar-refractivity contribution is 0.0996. The Morgan fingerprint density at radius 3 is 1.71 bits per heavy atom. The molecule has 31 heavy (non-hydrogen) atoms. The van der Waals surface area contributed by atoms with Crippen molar-refractivity contribution in [2.75, 3.05) is 5.73 Å². The van der Waals surface area contributed by atoms with E-state index in [1.807, 2.05) is 29.7 Å². The zero-order valence-electron chi connectivity index (χ0n) is 16.6. The molecule has 0 radical (unpaired) electrons. The standard InChI is InChI=1S/C25H21N3OS2/c26-23(29)22-21(31-24(27)28-22)16-17-30-25(18-10-4-1-5-11-18,19-12-6-2-7-13-19)20-14-8-3-9-15-20/h1-17H,(H2,26,29)(H2,27,28)/b17-16-. The average molecular weight is 444 g/mol. The quantitative estimate of drug-likeness (QED) is 0.369. The van der Waals surface area contributed by atoms with Crippen molar-refractivity contribution in [1.29, 1.82) is 0 Å². The van der Waals surface area contributed by atoms with Crippen LogP contribution in [0.15, 0.2) is 96.4 Å². The van der Waals surface area contributed by atoms with E-state index in [9.17, 15) is 4.79 Å². The van der Waals surface area contributed by atoms with E-state index in [-0.39, 0.29) is 5.69 Å². The highest BCUT2D eigenvalue weighted by Gasteiger charge is 2.36. The number of rotatable bonds is 7. The lowest BCUT2D eigenvalue weighted by Crippen LogP contribution is -2.24. The SMILES string of the molecule is NC(=O)c1nc(N)sc1/C=C\SC(c1ccccc1)(c1ccccc1)c1ccccc1. The third kappa shape index (κ3) is 4.26. The van der Waals surface area contributed by atoms with E-state index >= 15 is 0 Å². The van der Waals surface area contributed by atoms with Gasteiger partial charge in [-0.15, -0.1) is 11.8 Å². The molecule has 0 spiro atoms. The maximum Gasteiger partial charge on any atom is 0.268 e. The van der Waals surface area contributed by atoms with Gasteiger partial charge in [0.05, 0.1) is 9.62 Å². The molecule has 0 atom stereocenters.